The van der Waals surface area contributed by atoms with Crippen LogP contribution in [0, 0.1) is 11.3 Å². The van der Waals surface area contributed by atoms with E-state index >= 15 is 0 Å². The molecule has 3 heterocycles. The molecule has 0 saturated heterocycles. The number of aryl methyl sites for hydroxylation is 1. The summed E-state index contributed by atoms with van der Waals surface area (Å²) in [5.74, 6) is 1.33. The van der Waals surface area contributed by atoms with E-state index in [2.05, 4.69) is 61.8 Å². The minimum Gasteiger partial charge on any atom is -0.384 e. The highest BCUT2D eigenvalue weighted by molar-refractivity contribution is 5.64. The van der Waals surface area contributed by atoms with Crippen LogP contribution in [0.3, 0.4) is 0 Å². The predicted molar refractivity (Wildman–Crippen MR) is 134 cm³/mol. The number of fused-ring (bicyclic) bond motifs is 3. The van der Waals surface area contributed by atoms with Gasteiger partial charge in [-0.3, -0.25) is 0 Å². The van der Waals surface area contributed by atoms with E-state index in [1.165, 1.54) is 30.2 Å². The lowest BCUT2D eigenvalue weighted by molar-refractivity contribution is 0.0307. The summed E-state index contributed by atoms with van der Waals surface area (Å²) in [5, 5.41) is 27.0. The van der Waals surface area contributed by atoms with E-state index in [4.69, 9.17) is 0 Å². The van der Waals surface area contributed by atoms with Crippen LogP contribution in [0.15, 0.2) is 36.5 Å². The fourth-order valence-electron chi connectivity index (χ4n) is 5.68. The molecule has 2 aromatic heterocycles. The van der Waals surface area contributed by atoms with E-state index in [0.717, 1.165) is 30.8 Å². The molecule has 8 heteroatoms. The highest BCUT2D eigenvalue weighted by atomic mass is 16.3. The lowest BCUT2D eigenvalue weighted by Gasteiger charge is -2.32. The molecule has 8 nitrogen and oxygen atoms in total. The van der Waals surface area contributed by atoms with E-state index in [9.17, 15) is 10.4 Å². The monoisotopic (exact) mass is 467 g/mol. The Labute approximate surface area is 205 Å². The first kappa shape index (κ1) is 22.0. The molecule has 1 saturated carbocycles. The number of rotatable bonds is 5. The third kappa shape index (κ3) is 3.81. The van der Waals surface area contributed by atoms with Crippen molar-refractivity contribution in [1.29, 1.82) is 5.26 Å². The van der Waals surface area contributed by atoms with Gasteiger partial charge in [0, 0.05) is 24.2 Å². The quantitative estimate of drug-likeness (QED) is 0.511. The van der Waals surface area contributed by atoms with Crippen LogP contribution in [-0.4, -0.2) is 38.6 Å². The maximum Gasteiger partial charge on any atom is 0.229 e. The van der Waals surface area contributed by atoms with Crippen LogP contribution >= 0.6 is 0 Å². The molecule has 1 aromatic carbocycles. The van der Waals surface area contributed by atoms with Crippen LogP contribution in [-0.2, 0) is 24.0 Å². The minimum atomic E-state index is -0.900. The predicted octanol–water partition coefficient (Wildman–Crippen LogP) is 4.25. The summed E-state index contributed by atoms with van der Waals surface area (Å²) in [4.78, 5) is 16.0. The minimum absolute atomic E-state index is 0.325. The van der Waals surface area contributed by atoms with Crippen molar-refractivity contribution in [2.75, 3.05) is 24.2 Å². The number of pyridine rings is 1. The third-order valence-corrected chi connectivity index (χ3v) is 7.77. The molecule has 0 bridgehead atoms. The molecule has 6 rings (SSSR count). The average Bonchev–Trinajstić information content (AvgIpc) is 3.53. The number of anilines is 4. The molecule has 1 unspecified atom stereocenters. The Kier molecular flexibility index (Phi) is 5.02. The Morgan fingerprint density at radius 3 is 2.74 bits per heavy atom. The molecule has 3 aliphatic rings. The van der Waals surface area contributed by atoms with Gasteiger partial charge in [0.15, 0.2) is 5.82 Å². The largest absolute Gasteiger partial charge is 0.384 e. The zero-order valence-electron chi connectivity index (χ0n) is 20.1. The van der Waals surface area contributed by atoms with Crippen LogP contribution in [0.5, 0.6) is 0 Å². The van der Waals surface area contributed by atoms with Crippen LogP contribution in [0.2, 0.25) is 0 Å². The third-order valence-electron chi connectivity index (χ3n) is 7.77. The number of nitriles is 1. The van der Waals surface area contributed by atoms with E-state index in [1.54, 1.807) is 0 Å². The van der Waals surface area contributed by atoms with E-state index in [1.807, 2.05) is 19.1 Å². The zero-order chi connectivity index (χ0) is 24.2. The number of benzene rings is 1. The summed E-state index contributed by atoms with van der Waals surface area (Å²) >= 11 is 0. The van der Waals surface area contributed by atoms with Gasteiger partial charge in [-0.15, -0.1) is 0 Å². The molecule has 1 fully saturated rings. The molecule has 1 atom stereocenters. The average molecular weight is 468 g/mol. The van der Waals surface area contributed by atoms with Gasteiger partial charge in [0.05, 0.1) is 11.9 Å². The molecule has 3 aromatic rings. The van der Waals surface area contributed by atoms with Crippen molar-refractivity contribution in [2.45, 2.75) is 56.6 Å². The molecule has 35 heavy (non-hydrogen) atoms. The number of likely N-dealkylation sites (N-methyl/N-ethyl adjacent to an activating group) is 1. The van der Waals surface area contributed by atoms with Crippen molar-refractivity contribution in [2.24, 2.45) is 0 Å². The van der Waals surface area contributed by atoms with Crippen LogP contribution in [0.25, 0.3) is 0 Å². The molecule has 0 radical (unpaired) electrons. The standard InChI is InChI=1S/C27H29N7O/c1-3-27(35)9-8-17-4-7-22(31-23(17)27)32-24-19(13-28)14-29-25(33-24)30-20-5-6-21-18(12-20)15-34(2)16-26(21)10-11-26/h4-7,12,14,35H,3,8-11,15-16H2,1-2H3,(H2,29,30,31,32,33). The number of nitrogens with zero attached hydrogens (tertiary/aromatic N) is 5. The summed E-state index contributed by atoms with van der Waals surface area (Å²) in [6.45, 7) is 4.03. The maximum absolute atomic E-state index is 10.9. The molecule has 178 valence electrons. The summed E-state index contributed by atoms with van der Waals surface area (Å²) in [6, 6.07) is 12.5. The summed E-state index contributed by atoms with van der Waals surface area (Å²) in [6.07, 6.45) is 6.14. The normalized spacial score (nSPS) is 21.8. The first-order chi connectivity index (χ1) is 16.9. The second kappa shape index (κ2) is 8.01. The second-order valence-electron chi connectivity index (χ2n) is 10.2. The Bertz CT molecular complexity index is 1360. The van der Waals surface area contributed by atoms with E-state index in [0.29, 0.717) is 47.1 Å². The van der Waals surface area contributed by atoms with Crippen molar-refractivity contribution < 1.29 is 5.11 Å². The molecular formula is C27H29N7O. The highest BCUT2D eigenvalue weighted by Gasteiger charge is 2.48. The fourth-order valence-corrected chi connectivity index (χ4v) is 5.68. The first-order valence-corrected chi connectivity index (χ1v) is 12.3. The molecular weight excluding hydrogens is 438 g/mol. The number of aromatic nitrogens is 3. The van der Waals surface area contributed by atoms with Crippen molar-refractivity contribution >= 4 is 23.3 Å². The molecule has 1 spiro atoms. The van der Waals surface area contributed by atoms with Crippen LogP contribution in [0.1, 0.15) is 60.6 Å². The van der Waals surface area contributed by atoms with Gasteiger partial charge in [0.2, 0.25) is 5.95 Å². The van der Waals surface area contributed by atoms with Gasteiger partial charge < -0.3 is 20.6 Å². The van der Waals surface area contributed by atoms with Gasteiger partial charge in [0.25, 0.3) is 0 Å². The fraction of sp³-hybridized carbons (Fsp3) is 0.407. The lowest BCUT2D eigenvalue weighted by atomic mass is 9.87. The Balaban J connectivity index is 1.27. The van der Waals surface area contributed by atoms with Gasteiger partial charge in [0.1, 0.15) is 23.1 Å². The molecule has 3 N–H and O–H groups in total. The Hall–Kier alpha value is -3.54. The van der Waals surface area contributed by atoms with Crippen molar-refractivity contribution in [3.05, 3.63) is 64.5 Å². The molecule has 1 aliphatic heterocycles. The SMILES string of the molecule is CCC1(O)CCc2ccc(Nc3nc(Nc4ccc5c(c4)CN(C)CC54CC4)ncc3C#N)nc21. The smallest absolute Gasteiger partial charge is 0.229 e. The Morgan fingerprint density at radius 2 is 1.97 bits per heavy atom. The zero-order valence-corrected chi connectivity index (χ0v) is 20.1. The maximum atomic E-state index is 10.9. The number of hydrogen-bond acceptors (Lipinski definition) is 8. The number of hydrogen-bond donors (Lipinski definition) is 3. The van der Waals surface area contributed by atoms with E-state index < -0.39 is 5.60 Å². The van der Waals surface area contributed by atoms with Gasteiger partial charge in [-0.25, -0.2) is 9.97 Å². The number of aliphatic hydroxyl groups is 1. The summed E-state index contributed by atoms with van der Waals surface area (Å²) < 4.78 is 0. The topological polar surface area (TPSA) is 110 Å². The van der Waals surface area contributed by atoms with Crippen LogP contribution in [0.4, 0.5) is 23.3 Å². The highest BCUT2D eigenvalue weighted by Crippen LogP contribution is 2.52. The van der Waals surface area contributed by atoms with Gasteiger partial charge in [-0.05, 0) is 74.0 Å². The van der Waals surface area contributed by atoms with Crippen molar-refractivity contribution in [1.82, 2.24) is 19.9 Å². The second-order valence-corrected chi connectivity index (χ2v) is 10.2. The van der Waals surface area contributed by atoms with Crippen LogP contribution < -0.4 is 10.6 Å². The van der Waals surface area contributed by atoms with Gasteiger partial charge in [-0.1, -0.05) is 19.1 Å². The molecule has 2 aliphatic carbocycles. The van der Waals surface area contributed by atoms with E-state index in [-0.39, 0.29) is 0 Å². The van der Waals surface area contributed by atoms with Gasteiger partial charge >= 0.3 is 0 Å². The first-order valence-electron chi connectivity index (χ1n) is 12.3. The van der Waals surface area contributed by atoms with Crippen molar-refractivity contribution in [3.63, 3.8) is 0 Å². The Morgan fingerprint density at radius 1 is 1.11 bits per heavy atom. The van der Waals surface area contributed by atoms with Crippen molar-refractivity contribution in [3.8, 4) is 6.07 Å². The van der Waals surface area contributed by atoms with Gasteiger partial charge in [-0.2, -0.15) is 10.2 Å². The molecule has 0 amide bonds. The summed E-state index contributed by atoms with van der Waals surface area (Å²) in [5.41, 5.74) is 5.29. The number of nitrogens with one attached hydrogen (secondary N) is 2. The summed E-state index contributed by atoms with van der Waals surface area (Å²) in [7, 11) is 2.18. The lowest BCUT2D eigenvalue weighted by Crippen LogP contribution is -2.35.